The zero-order valence-electron chi connectivity index (χ0n) is 19.1. The van der Waals surface area contributed by atoms with E-state index in [0.717, 1.165) is 22.4 Å². The number of ether oxygens (including phenoxy) is 3. The molecule has 0 fully saturated rings. The molecule has 1 N–H and O–H groups in total. The van der Waals surface area contributed by atoms with Crippen LogP contribution in [0.15, 0.2) is 60.4 Å². The summed E-state index contributed by atoms with van der Waals surface area (Å²) in [5.74, 6) is 1.61. The molecular weight excluding hydrogens is 452 g/mol. The summed E-state index contributed by atoms with van der Waals surface area (Å²) >= 11 is 1.38. The number of aromatic nitrogens is 3. The highest BCUT2D eigenvalue weighted by Crippen LogP contribution is 2.34. The van der Waals surface area contributed by atoms with E-state index in [1.807, 2.05) is 37.4 Å². The Kier molecular flexibility index (Phi) is 7.46. The molecule has 0 saturated carbocycles. The maximum absolute atomic E-state index is 12.4. The van der Waals surface area contributed by atoms with Gasteiger partial charge in [0.15, 0.2) is 5.13 Å². The first-order valence-corrected chi connectivity index (χ1v) is 11.5. The van der Waals surface area contributed by atoms with Crippen molar-refractivity contribution in [2.75, 3.05) is 25.6 Å². The minimum absolute atomic E-state index is 0.218. The zero-order chi connectivity index (χ0) is 23.9. The maximum atomic E-state index is 12.4. The highest BCUT2D eigenvalue weighted by molar-refractivity contribution is 7.14. The smallest absolute Gasteiger partial charge is 0.257 e. The number of anilines is 1. The third-order valence-electron chi connectivity index (χ3n) is 4.91. The van der Waals surface area contributed by atoms with Crippen LogP contribution in [0.2, 0.25) is 0 Å². The fraction of sp³-hybridized carbons (Fsp3) is 0.200. The number of rotatable bonds is 9. The largest absolute Gasteiger partial charge is 0.475 e. The molecule has 0 saturated heterocycles. The first kappa shape index (κ1) is 23.3. The third-order valence-corrected chi connectivity index (χ3v) is 5.67. The number of aryl methyl sites for hydroxylation is 2. The van der Waals surface area contributed by atoms with Crippen LogP contribution in [0.4, 0.5) is 5.13 Å². The van der Waals surface area contributed by atoms with E-state index in [1.165, 1.54) is 11.3 Å². The molecule has 1 aromatic carbocycles. The topological polar surface area (TPSA) is 95.5 Å². The molecule has 9 heteroatoms. The number of benzene rings is 1. The van der Waals surface area contributed by atoms with Gasteiger partial charge in [-0.15, -0.1) is 11.3 Å². The van der Waals surface area contributed by atoms with Crippen LogP contribution >= 0.6 is 11.3 Å². The third kappa shape index (κ3) is 5.75. The lowest BCUT2D eigenvalue weighted by Gasteiger charge is -2.12. The van der Waals surface area contributed by atoms with Gasteiger partial charge in [0.05, 0.1) is 18.5 Å². The predicted octanol–water partition coefficient (Wildman–Crippen LogP) is 5.29. The minimum Gasteiger partial charge on any atom is -0.475 e. The second kappa shape index (κ2) is 10.9. The predicted molar refractivity (Wildman–Crippen MR) is 131 cm³/mol. The molecule has 4 aromatic rings. The van der Waals surface area contributed by atoms with E-state index in [-0.39, 0.29) is 5.91 Å². The van der Waals surface area contributed by atoms with Gasteiger partial charge >= 0.3 is 0 Å². The van der Waals surface area contributed by atoms with Crippen molar-refractivity contribution in [1.29, 1.82) is 0 Å². The Morgan fingerprint density at radius 2 is 1.79 bits per heavy atom. The van der Waals surface area contributed by atoms with Crippen molar-refractivity contribution in [3.63, 3.8) is 0 Å². The molecule has 0 unspecified atom stereocenters. The van der Waals surface area contributed by atoms with E-state index in [2.05, 4.69) is 20.3 Å². The molecule has 8 nitrogen and oxygen atoms in total. The average Bonchev–Trinajstić information content (AvgIpc) is 3.28. The van der Waals surface area contributed by atoms with E-state index in [1.54, 1.807) is 43.9 Å². The Bertz CT molecular complexity index is 1240. The fourth-order valence-electron chi connectivity index (χ4n) is 3.38. The van der Waals surface area contributed by atoms with Crippen molar-refractivity contribution in [2.24, 2.45) is 0 Å². The van der Waals surface area contributed by atoms with Crippen LogP contribution in [-0.2, 0) is 4.74 Å². The van der Waals surface area contributed by atoms with Gasteiger partial charge < -0.3 is 14.2 Å². The summed E-state index contributed by atoms with van der Waals surface area (Å²) in [5, 5.41) is 5.32. The Morgan fingerprint density at radius 3 is 2.47 bits per heavy atom. The molecule has 0 aliphatic carbocycles. The lowest BCUT2D eigenvalue weighted by Crippen LogP contribution is -2.11. The standard InChI is InChI=1S/C25H24N4O4S/c1-16-12-20(33-19-4-5-22(27-14-19)32-11-10-31-3)13-17(2)23(16)21-15-34-25(28-21)29-24(30)18-6-8-26-9-7-18/h4-9,12-15H,10-11H2,1-3H3,(H,28,29,30). The Hall–Kier alpha value is -3.82. The van der Waals surface area contributed by atoms with Crippen LogP contribution in [0, 0.1) is 13.8 Å². The van der Waals surface area contributed by atoms with Crippen molar-refractivity contribution in [3.8, 4) is 28.6 Å². The van der Waals surface area contributed by atoms with E-state index in [4.69, 9.17) is 14.2 Å². The Morgan fingerprint density at radius 1 is 1.03 bits per heavy atom. The molecule has 3 heterocycles. The van der Waals surface area contributed by atoms with Gasteiger partial charge in [-0.05, 0) is 55.3 Å². The highest BCUT2D eigenvalue weighted by Gasteiger charge is 2.14. The van der Waals surface area contributed by atoms with Crippen LogP contribution in [0.1, 0.15) is 21.5 Å². The number of nitrogens with one attached hydrogen (secondary N) is 1. The maximum Gasteiger partial charge on any atom is 0.257 e. The molecule has 0 aliphatic heterocycles. The lowest BCUT2D eigenvalue weighted by atomic mass is 10.0. The van der Waals surface area contributed by atoms with Gasteiger partial charge in [-0.3, -0.25) is 15.1 Å². The summed E-state index contributed by atoms with van der Waals surface area (Å²) in [5.41, 5.74) is 4.37. The van der Waals surface area contributed by atoms with Crippen LogP contribution in [0.5, 0.6) is 17.4 Å². The van der Waals surface area contributed by atoms with Crippen molar-refractivity contribution >= 4 is 22.4 Å². The van der Waals surface area contributed by atoms with Gasteiger partial charge in [-0.1, -0.05) is 0 Å². The van der Waals surface area contributed by atoms with Crippen molar-refractivity contribution < 1.29 is 19.0 Å². The lowest BCUT2D eigenvalue weighted by molar-refractivity contribution is 0.102. The summed E-state index contributed by atoms with van der Waals surface area (Å²) in [7, 11) is 1.62. The van der Waals surface area contributed by atoms with Gasteiger partial charge in [0.1, 0.15) is 18.1 Å². The van der Waals surface area contributed by atoms with Gasteiger partial charge in [0.2, 0.25) is 5.88 Å². The highest BCUT2D eigenvalue weighted by atomic mass is 32.1. The number of pyridine rings is 2. The van der Waals surface area contributed by atoms with E-state index < -0.39 is 0 Å². The van der Waals surface area contributed by atoms with Crippen LogP contribution < -0.4 is 14.8 Å². The van der Waals surface area contributed by atoms with Gasteiger partial charge in [0, 0.05) is 42.1 Å². The number of hydrogen-bond donors (Lipinski definition) is 1. The number of methoxy groups -OCH3 is 1. The SMILES string of the molecule is COCCOc1ccc(Oc2cc(C)c(-c3csc(NC(=O)c4ccncc4)n3)c(C)c2)cn1. The molecular formula is C25H24N4O4S. The summed E-state index contributed by atoms with van der Waals surface area (Å²) in [6.45, 7) is 4.96. The van der Waals surface area contributed by atoms with Crippen molar-refractivity contribution in [1.82, 2.24) is 15.0 Å². The van der Waals surface area contributed by atoms with E-state index in [0.29, 0.717) is 41.3 Å². The molecule has 0 bridgehead atoms. The number of nitrogens with zero attached hydrogens (tertiary/aromatic N) is 3. The Labute approximate surface area is 201 Å². The monoisotopic (exact) mass is 476 g/mol. The summed E-state index contributed by atoms with van der Waals surface area (Å²) < 4.78 is 16.4. The van der Waals surface area contributed by atoms with Gasteiger partial charge in [-0.25, -0.2) is 9.97 Å². The first-order valence-electron chi connectivity index (χ1n) is 10.6. The molecule has 1 amide bonds. The van der Waals surface area contributed by atoms with Gasteiger partial charge in [-0.2, -0.15) is 0 Å². The number of carbonyl (C=O) groups is 1. The average molecular weight is 477 g/mol. The fourth-order valence-corrected chi connectivity index (χ4v) is 4.08. The van der Waals surface area contributed by atoms with Crippen LogP contribution in [0.3, 0.4) is 0 Å². The normalized spacial score (nSPS) is 10.7. The molecule has 34 heavy (non-hydrogen) atoms. The first-order chi connectivity index (χ1) is 16.5. The van der Waals surface area contributed by atoms with Crippen molar-refractivity contribution in [3.05, 3.63) is 77.1 Å². The second-order valence-corrected chi connectivity index (χ2v) is 8.29. The molecule has 0 aliphatic rings. The molecule has 174 valence electrons. The number of amides is 1. The Balaban J connectivity index is 1.45. The number of hydrogen-bond acceptors (Lipinski definition) is 8. The van der Waals surface area contributed by atoms with Crippen LogP contribution in [-0.4, -0.2) is 41.2 Å². The molecule has 4 rings (SSSR count). The summed E-state index contributed by atoms with van der Waals surface area (Å²) in [4.78, 5) is 25.2. The quantitative estimate of drug-likeness (QED) is 0.328. The van der Waals surface area contributed by atoms with E-state index in [9.17, 15) is 4.79 Å². The van der Waals surface area contributed by atoms with Crippen molar-refractivity contribution in [2.45, 2.75) is 13.8 Å². The van der Waals surface area contributed by atoms with Crippen LogP contribution in [0.25, 0.3) is 11.3 Å². The zero-order valence-corrected chi connectivity index (χ0v) is 19.9. The van der Waals surface area contributed by atoms with Gasteiger partial charge in [0.25, 0.3) is 5.91 Å². The number of thiazole rings is 1. The second-order valence-electron chi connectivity index (χ2n) is 7.44. The summed E-state index contributed by atoms with van der Waals surface area (Å²) in [6, 6.07) is 10.8. The summed E-state index contributed by atoms with van der Waals surface area (Å²) in [6.07, 6.45) is 4.79. The minimum atomic E-state index is -0.218. The molecule has 0 radical (unpaired) electrons. The number of carbonyl (C=O) groups excluding carboxylic acids is 1. The molecule has 0 atom stereocenters. The molecule has 3 aromatic heterocycles. The van der Waals surface area contributed by atoms with E-state index >= 15 is 0 Å². The molecule has 0 spiro atoms.